The molecule has 0 amide bonds. The maximum atomic E-state index is 5.53. The highest BCUT2D eigenvalue weighted by Gasteiger charge is 2.42. The molecule has 0 spiro atoms. The molecule has 0 N–H and O–H groups in total. The highest BCUT2D eigenvalue weighted by atomic mass is 127. The van der Waals surface area contributed by atoms with Gasteiger partial charge >= 0.3 is 0 Å². The van der Waals surface area contributed by atoms with Crippen molar-refractivity contribution in [1.82, 2.24) is 0 Å². The van der Waals surface area contributed by atoms with E-state index in [2.05, 4.69) is 22.6 Å². The Hall–Kier alpha value is 0.610. The highest BCUT2D eigenvalue weighted by molar-refractivity contribution is 14.1. The summed E-state index contributed by atoms with van der Waals surface area (Å²) in [5, 5.41) is 0. The van der Waals surface area contributed by atoms with Gasteiger partial charge in [-0.15, -0.1) is 0 Å². The van der Waals surface area contributed by atoms with Crippen LogP contribution in [0.2, 0.25) is 0 Å². The average molecular weight is 270 g/mol. The minimum absolute atomic E-state index is 0.148. The SMILES string of the molecule is C[C@H]1OO[C@H]2CCO[C@H]2[C@H]1I. The smallest absolute Gasteiger partial charge is 0.122 e. The molecule has 0 saturated carbocycles. The van der Waals surface area contributed by atoms with Crippen molar-refractivity contribution in [3.63, 3.8) is 0 Å². The summed E-state index contributed by atoms with van der Waals surface area (Å²) < 4.78 is 5.95. The van der Waals surface area contributed by atoms with E-state index < -0.39 is 0 Å². The van der Waals surface area contributed by atoms with Gasteiger partial charge in [0.2, 0.25) is 0 Å². The zero-order valence-corrected chi connectivity index (χ0v) is 8.48. The van der Waals surface area contributed by atoms with E-state index in [1.165, 1.54) is 0 Å². The van der Waals surface area contributed by atoms with Gasteiger partial charge in [0.25, 0.3) is 0 Å². The standard InChI is InChI=1S/C7H11IO3/c1-4-6(8)7-5(11-10-4)2-3-9-7/h4-7H,2-3H2,1H3/t4-,5+,6+,7-/m1/s1. The van der Waals surface area contributed by atoms with Gasteiger partial charge in [0, 0.05) is 13.0 Å². The first kappa shape index (κ1) is 8.22. The maximum absolute atomic E-state index is 5.53. The summed E-state index contributed by atoms with van der Waals surface area (Å²) in [6.45, 7) is 2.82. The van der Waals surface area contributed by atoms with Crippen LogP contribution in [0.4, 0.5) is 0 Å². The molecule has 2 saturated heterocycles. The molecule has 2 aliphatic rings. The van der Waals surface area contributed by atoms with E-state index >= 15 is 0 Å². The predicted octanol–water partition coefficient (Wildman–Crippen LogP) is 1.30. The molecule has 0 unspecified atom stereocenters. The Labute approximate surface area is 79.4 Å². The summed E-state index contributed by atoms with van der Waals surface area (Å²) in [5.41, 5.74) is 0. The third-order valence-corrected chi connectivity index (χ3v) is 3.89. The van der Waals surface area contributed by atoms with Gasteiger partial charge < -0.3 is 4.74 Å². The van der Waals surface area contributed by atoms with E-state index in [0.717, 1.165) is 13.0 Å². The van der Waals surface area contributed by atoms with Crippen LogP contribution in [0.15, 0.2) is 0 Å². The van der Waals surface area contributed by atoms with Crippen LogP contribution in [0.5, 0.6) is 0 Å². The fraction of sp³-hybridized carbons (Fsp3) is 1.00. The van der Waals surface area contributed by atoms with Gasteiger partial charge in [-0.3, -0.25) is 0 Å². The Kier molecular flexibility index (Phi) is 2.36. The van der Waals surface area contributed by atoms with Crippen LogP contribution >= 0.6 is 22.6 Å². The minimum atomic E-state index is 0.148. The summed E-state index contributed by atoms with van der Waals surface area (Å²) in [6, 6.07) is 0. The molecule has 0 aliphatic carbocycles. The van der Waals surface area contributed by atoms with Crippen LogP contribution in [-0.4, -0.2) is 28.8 Å². The van der Waals surface area contributed by atoms with Crippen molar-refractivity contribution in [2.45, 2.75) is 35.6 Å². The molecule has 2 aliphatic heterocycles. The molecule has 0 aromatic rings. The van der Waals surface area contributed by atoms with Gasteiger partial charge in [0.05, 0.1) is 3.92 Å². The second-order valence-corrected chi connectivity index (χ2v) is 4.44. The van der Waals surface area contributed by atoms with Gasteiger partial charge in [-0.1, -0.05) is 22.6 Å². The Morgan fingerprint density at radius 1 is 1.36 bits per heavy atom. The summed E-state index contributed by atoms with van der Waals surface area (Å²) in [6.07, 6.45) is 1.54. The molecule has 4 heteroatoms. The third-order valence-electron chi connectivity index (χ3n) is 2.17. The van der Waals surface area contributed by atoms with Crippen molar-refractivity contribution >= 4 is 22.6 Å². The number of rotatable bonds is 0. The average Bonchev–Trinajstić information content (AvgIpc) is 2.45. The fourth-order valence-corrected chi connectivity index (χ4v) is 2.26. The van der Waals surface area contributed by atoms with Gasteiger partial charge in [0.1, 0.15) is 18.3 Å². The molecular formula is C7H11IO3. The summed E-state index contributed by atoms with van der Waals surface area (Å²) in [5.74, 6) is 0. The topological polar surface area (TPSA) is 27.7 Å². The number of hydrogen-bond acceptors (Lipinski definition) is 3. The highest BCUT2D eigenvalue weighted by Crippen LogP contribution is 2.32. The molecule has 3 nitrogen and oxygen atoms in total. The second kappa shape index (κ2) is 3.16. The number of fused-ring (bicyclic) bond motifs is 1. The van der Waals surface area contributed by atoms with Gasteiger partial charge in [0.15, 0.2) is 0 Å². The predicted molar refractivity (Wildman–Crippen MR) is 47.6 cm³/mol. The Balaban J connectivity index is 2.06. The molecule has 11 heavy (non-hydrogen) atoms. The van der Waals surface area contributed by atoms with E-state index in [9.17, 15) is 0 Å². The van der Waals surface area contributed by atoms with Crippen LogP contribution in [0.25, 0.3) is 0 Å². The Morgan fingerprint density at radius 3 is 3.00 bits per heavy atom. The Morgan fingerprint density at radius 2 is 2.18 bits per heavy atom. The van der Waals surface area contributed by atoms with E-state index in [0.29, 0.717) is 3.92 Å². The second-order valence-electron chi connectivity index (χ2n) is 3.00. The van der Waals surface area contributed by atoms with Crippen LogP contribution in [0.3, 0.4) is 0 Å². The van der Waals surface area contributed by atoms with E-state index in [1.54, 1.807) is 0 Å². The third kappa shape index (κ3) is 1.41. The molecular weight excluding hydrogens is 259 g/mol. The molecule has 2 rings (SSSR count). The molecule has 2 fully saturated rings. The normalized spacial score (nSPS) is 50.7. The lowest BCUT2D eigenvalue weighted by Crippen LogP contribution is -2.45. The summed E-state index contributed by atoms with van der Waals surface area (Å²) >= 11 is 2.37. The zero-order chi connectivity index (χ0) is 7.84. The quantitative estimate of drug-likeness (QED) is 0.377. The van der Waals surface area contributed by atoms with E-state index in [4.69, 9.17) is 14.5 Å². The molecule has 64 valence electrons. The van der Waals surface area contributed by atoms with E-state index in [1.807, 2.05) is 6.92 Å². The monoisotopic (exact) mass is 270 g/mol. The van der Waals surface area contributed by atoms with Crippen molar-refractivity contribution in [2.24, 2.45) is 0 Å². The van der Waals surface area contributed by atoms with Crippen molar-refractivity contribution in [1.29, 1.82) is 0 Å². The maximum Gasteiger partial charge on any atom is 0.122 e. The van der Waals surface area contributed by atoms with Gasteiger partial charge in [-0.05, 0) is 6.92 Å². The first-order valence-electron chi connectivity index (χ1n) is 3.87. The van der Waals surface area contributed by atoms with E-state index in [-0.39, 0.29) is 18.3 Å². The molecule has 4 atom stereocenters. The van der Waals surface area contributed by atoms with Crippen LogP contribution in [0.1, 0.15) is 13.3 Å². The van der Waals surface area contributed by atoms with Gasteiger partial charge in [-0.2, -0.15) is 0 Å². The summed E-state index contributed by atoms with van der Waals surface area (Å²) in [4.78, 5) is 10.3. The lowest BCUT2D eigenvalue weighted by Gasteiger charge is -2.32. The number of halogens is 1. The lowest BCUT2D eigenvalue weighted by molar-refractivity contribution is -0.375. The van der Waals surface area contributed by atoms with Crippen molar-refractivity contribution in [3.8, 4) is 0 Å². The van der Waals surface area contributed by atoms with Crippen molar-refractivity contribution in [2.75, 3.05) is 6.61 Å². The molecule has 0 aromatic heterocycles. The van der Waals surface area contributed by atoms with Crippen LogP contribution in [0, 0.1) is 0 Å². The van der Waals surface area contributed by atoms with Gasteiger partial charge in [-0.25, -0.2) is 9.78 Å². The lowest BCUT2D eigenvalue weighted by atomic mass is 10.1. The number of alkyl halides is 1. The largest absolute Gasteiger partial charge is 0.374 e. The van der Waals surface area contributed by atoms with Crippen LogP contribution in [-0.2, 0) is 14.5 Å². The first-order valence-corrected chi connectivity index (χ1v) is 5.11. The Bertz CT molecular complexity index is 153. The molecule has 0 radical (unpaired) electrons. The molecule has 2 heterocycles. The molecule has 0 bridgehead atoms. The van der Waals surface area contributed by atoms with Crippen molar-refractivity contribution in [3.05, 3.63) is 0 Å². The number of hydrogen-bond donors (Lipinski definition) is 0. The first-order chi connectivity index (χ1) is 5.29. The fourth-order valence-electron chi connectivity index (χ4n) is 1.47. The van der Waals surface area contributed by atoms with Crippen LogP contribution < -0.4 is 0 Å². The zero-order valence-electron chi connectivity index (χ0n) is 6.33. The summed E-state index contributed by atoms with van der Waals surface area (Å²) in [7, 11) is 0. The minimum Gasteiger partial charge on any atom is -0.374 e. The molecule has 0 aromatic carbocycles. The van der Waals surface area contributed by atoms with Crippen molar-refractivity contribution < 1.29 is 14.5 Å². The number of ether oxygens (including phenoxy) is 1.